The quantitative estimate of drug-likeness (QED) is 0.541. The van der Waals surface area contributed by atoms with Crippen LogP contribution >= 0.6 is 11.8 Å². The number of fused-ring (bicyclic) bond motifs is 1. The highest BCUT2D eigenvalue weighted by Crippen LogP contribution is 2.28. The van der Waals surface area contributed by atoms with E-state index in [-0.39, 0.29) is 5.56 Å². The summed E-state index contributed by atoms with van der Waals surface area (Å²) in [5, 5.41) is 9.80. The van der Waals surface area contributed by atoms with Crippen LogP contribution in [0.2, 0.25) is 0 Å². The van der Waals surface area contributed by atoms with Gasteiger partial charge in [0.2, 0.25) is 11.4 Å². The fraction of sp³-hybridized carbons (Fsp3) is 0.150. The highest BCUT2D eigenvalue weighted by Gasteiger charge is 2.11. The van der Waals surface area contributed by atoms with Crippen molar-refractivity contribution in [1.82, 2.24) is 15.2 Å². The number of aromatic amines is 1. The number of para-hydroxylation sites is 1. The lowest BCUT2D eigenvalue weighted by molar-refractivity contribution is 0.466. The molecule has 130 valence electrons. The van der Waals surface area contributed by atoms with E-state index in [9.17, 15) is 4.79 Å². The smallest absolute Gasteiger partial charge is 0.277 e. The molecule has 26 heavy (non-hydrogen) atoms. The standard InChI is InChI=1S/C20H17N3O2S/c1-12-7-13(2)9-14(8-12)19-22-23-20(25-19)26-11-15-10-18(24)21-17-6-4-3-5-16(15)17/h3-10H,11H2,1-2H3,(H,21,24). The fourth-order valence-corrected chi connectivity index (χ4v) is 3.77. The van der Waals surface area contributed by atoms with Crippen LogP contribution in [0.25, 0.3) is 22.4 Å². The summed E-state index contributed by atoms with van der Waals surface area (Å²) < 4.78 is 5.80. The molecule has 0 unspecified atom stereocenters. The topological polar surface area (TPSA) is 71.8 Å². The summed E-state index contributed by atoms with van der Waals surface area (Å²) >= 11 is 1.43. The second kappa shape index (κ2) is 6.80. The minimum atomic E-state index is -0.110. The SMILES string of the molecule is Cc1cc(C)cc(-c2nnc(SCc3cc(=O)[nH]c4ccccc34)o2)c1. The van der Waals surface area contributed by atoms with Crippen molar-refractivity contribution in [2.75, 3.05) is 0 Å². The first-order valence-electron chi connectivity index (χ1n) is 8.24. The van der Waals surface area contributed by atoms with E-state index in [1.165, 1.54) is 11.8 Å². The van der Waals surface area contributed by atoms with E-state index in [0.717, 1.165) is 33.2 Å². The van der Waals surface area contributed by atoms with Crippen LogP contribution in [-0.2, 0) is 5.75 Å². The molecule has 0 fully saturated rings. The van der Waals surface area contributed by atoms with E-state index in [1.807, 2.05) is 50.2 Å². The summed E-state index contributed by atoms with van der Waals surface area (Å²) in [6.45, 7) is 4.08. The maximum absolute atomic E-state index is 11.9. The Labute approximate surface area is 154 Å². The number of hydrogen-bond acceptors (Lipinski definition) is 5. The van der Waals surface area contributed by atoms with Crippen LogP contribution < -0.4 is 5.56 Å². The second-order valence-electron chi connectivity index (χ2n) is 6.24. The average molecular weight is 363 g/mol. The first-order valence-corrected chi connectivity index (χ1v) is 9.23. The van der Waals surface area contributed by atoms with Crippen LogP contribution in [-0.4, -0.2) is 15.2 Å². The van der Waals surface area contributed by atoms with Gasteiger partial charge in [0.1, 0.15) is 0 Å². The summed E-state index contributed by atoms with van der Waals surface area (Å²) in [5.41, 5.74) is 4.89. The molecule has 0 spiro atoms. The van der Waals surface area contributed by atoms with Gasteiger partial charge in [-0.05, 0) is 37.6 Å². The van der Waals surface area contributed by atoms with E-state index in [2.05, 4.69) is 21.2 Å². The zero-order valence-electron chi connectivity index (χ0n) is 14.4. The van der Waals surface area contributed by atoms with Crippen molar-refractivity contribution in [3.8, 4) is 11.5 Å². The van der Waals surface area contributed by atoms with Crippen LogP contribution in [0.3, 0.4) is 0 Å². The Kier molecular flexibility index (Phi) is 4.34. The van der Waals surface area contributed by atoms with Crippen LogP contribution in [0.1, 0.15) is 16.7 Å². The summed E-state index contributed by atoms with van der Waals surface area (Å²) in [4.78, 5) is 14.7. The first kappa shape index (κ1) is 16.6. The van der Waals surface area contributed by atoms with Crippen molar-refractivity contribution in [2.24, 2.45) is 0 Å². The number of aryl methyl sites for hydroxylation is 2. The molecule has 0 saturated carbocycles. The van der Waals surface area contributed by atoms with Gasteiger partial charge in [-0.1, -0.05) is 47.2 Å². The molecule has 0 bridgehead atoms. The summed E-state index contributed by atoms with van der Waals surface area (Å²) in [6.07, 6.45) is 0. The lowest BCUT2D eigenvalue weighted by atomic mass is 10.1. The van der Waals surface area contributed by atoms with Crippen LogP contribution in [0.5, 0.6) is 0 Å². The van der Waals surface area contributed by atoms with E-state index in [0.29, 0.717) is 16.9 Å². The molecule has 2 aromatic heterocycles. The molecule has 2 aromatic carbocycles. The fourth-order valence-electron chi connectivity index (χ4n) is 3.02. The van der Waals surface area contributed by atoms with E-state index >= 15 is 0 Å². The summed E-state index contributed by atoms with van der Waals surface area (Å²) in [6, 6.07) is 15.5. The highest BCUT2D eigenvalue weighted by molar-refractivity contribution is 7.98. The Morgan fingerprint density at radius 3 is 2.62 bits per heavy atom. The summed E-state index contributed by atoms with van der Waals surface area (Å²) in [5.74, 6) is 1.09. The molecule has 0 aliphatic rings. The number of thioether (sulfide) groups is 1. The van der Waals surface area contributed by atoms with Gasteiger partial charge in [0, 0.05) is 28.3 Å². The third-order valence-corrected chi connectivity index (χ3v) is 4.93. The number of nitrogens with zero attached hydrogens (tertiary/aromatic N) is 2. The monoisotopic (exact) mass is 363 g/mol. The molecule has 0 amide bonds. The number of nitrogens with one attached hydrogen (secondary N) is 1. The van der Waals surface area contributed by atoms with Gasteiger partial charge in [-0.2, -0.15) is 0 Å². The molecule has 0 aliphatic carbocycles. The van der Waals surface area contributed by atoms with Gasteiger partial charge in [-0.25, -0.2) is 0 Å². The number of benzene rings is 2. The molecule has 0 radical (unpaired) electrons. The molecule has 6 heteroatoms. The molecule has 0 atom stereocenters. The lowest BCUT2D eigenvalue weighted by Gasteiger charge is -2.04. The van der Waals surface area contributed by atoms with Gasteiger partial charge < -0.3 is 9.40 Å². The van der Waals surface area contributed by atoms with Crippen molar-refractivity contribution in [1.29, 1.82) is 0 Å². The normalized spacial score (nSPS) is 11.2. The Hall–Kier alpha value is -2.86. The Bertz CT molecular complexity index is 1130. The highest BCUT2D eigenvalue weighted by atomic mass is 32.2. The second-order valence-corrected chi connectivity index (χ2v) is 7.17. The average Bonchev–Trinajstić information content (AvgIpc) is 3.08. The predicted octanol–water partition coefficient (Wildman–Crippen LogP) is 4.49. The first-order chi connectivity index (χ1) is 12.6. The van der Waals surface area contributed by atoms with Crippen molar-refractivity contribution in [3.05, 3.63) is 75.6 Å². The molecule has 4 aromatic rings. The van der Waals surface area contributed by atoms with E-state index < -0.39 is 0 Å². The van der Waals surface area contributed by atoms with Crippen molar-refractivity contribution in [3.63, 3.8) is 0 Å². The maximum Gasteiger partial charge on any atom is 0.277 e. The lowest BCUT2D eigenvalue weighted by Crippen LogP contribution is -2.05. The van der Waals surface area contributed by atoms with Crippen LogP contribution in [0.15, 0.2) is 63.0 Å². The van der Waals surface area contributed by atoms with Crippen molar-refractivity contribution >= 4 is 22.7 Å². The molecule has 2 heterocycles. The van der Waals surface area contributed by atoms with Gasteiger partial charge in [0.05, 0.1) is 0 Å². The molecule has 4 rings (SSSR count). The largest absolute Gasteiger partial charge is 0.411 e. The van der Waals surface area contributed by atoms with E-state index in [4.69, 9.17) is 4.42 Å². The minimum absolute atomic E-state index is 0.110. The Morgan fingerprint density at radius 1 is 1.04 bits per heavy atom. The van der Waals surface area contributed by atoms with Gasteiger partial charge in [-0.15, -0.1) is 10.2 Å². The molecular weight excluding hydrogens is 346 g/mol. The molecule has 5 nitrogen and oxygen atoms in total. The predicted molar refractivity (Wildman–Crippen MR) is 103 cm³/mol. The third-order valence-electron chi connectivity index (χ3n) is 4.06. The Balaban J connectivity index is 1.58. The van der Waals surface area contributed by atoms with Crippen LogP contribution in [0, 0.1) is 13.8 Å². The number of hydrogen-bond donors (Lipinski definition) is 1. The molecule has 0 aliphatic heterocycles. The van der Waals surface area contributed by atoms with Crippen molar-refractivity contribution < 1.29 is 4.42 Å². The number of aromatic nitrogens is 3. The van der Waals surface area contributed by atoms with Gasteiger partial charge in [0.15, 0.2) is 0 Å². The molecule has 0 saturated heterocycles. The van der Waals surface area contributed by atoms with Gasteiger partial charge in [-0.3, -0.25) is 4.79 Å². The van der Waals surface area contributed by atoms with E-state index in [1.54, 1.807) is 6.07 Å². The van der Waals surface area contributed by atoms with Gasteiger partial charge >= 0.3 is 0 Å². The molecular formula is C20H17N3O2S. The zero-order chi connectivity index (χ0) is 18.1. The van der Waals surface area contributed by atoms with Gasteiger partial charge in [0.25, 0.3) is 5.22 Å². The maximum atomic E-state index is 11.9. The number of H-pyrrole nitrogens is 1. The third kappa shape index (κ3) is 3.41. The van der Waals surface area contributed by atoms with Crippen molar-refractivity contribution in [2.45, 2.75) is 24.8 Å². The minimum Gasteiger partial charge on any atom is -0.411 e. The zero-order valence-corrected chi connectivity index (χ0v) is 15.3. The Morgan fingerprint density at radius 2 is 1.81 bits per heavy atom. The summed E-state index contributed by atoms with van der Waals surface area (Å²) in [7, 11) is 0. The molecule has 1 N–H and O–H groups in total. The number of rotatable bonds is 4. The van der Waals surface area contributed by atoms with Crippen LogP contribution in [0.4, 0.5) is 0 Å². The number of pyridine rings is 1.